The number of carboxylic acids is 2. The minimum absolute atomic E-state index is 0.237. The van der Waals surface area contributed by atoms with E-state index in [0.29, 0.717) is 12.2 Å². The van der Waals surface area contributed by atoms with Gasteiger partial charge in [0.25, 0.3) is 0 Å². The van der Waals surface area contributed by atoms with Crippen molar-refractivity contribution >= 4 is 11.9 Å². The van der Waals surface area contributed by atoms with Crippen molar-refractivity contribution in [3.05, 3.63) is 17.0 Å². The number of aromatic nitrogens is 2. The number of nitrogens with zero attached hydrogens (tertiary/aromatic N) is 2. The molecule has 0 radical (unpaired) electrons. The van der Waals surface area contributed by atoms with Crippen molar-refractivity contribution in [1.82, 2.24) is 9.78 Å². The third kappa shape index (κ3) is 1.46. The van der Waals surface area contributed by atoms with Gasteiger partial charge in [-0.05, 0) is 13.8 Å². The fraction of sp³-hybridized carbons (Fsp3) is 0.375. The molecule has 1 heterocycles. The third-order valence-electron chi connectivity index (χ3n) is 1.92. The molecule has 0 bridgehead atoms. The quantitative estimate of drug-likeness (QED) is 0.742. The van der Waals surface area contributed by atoms with Gasteiger partial charge in [-0.15, -0.1) is 0 Å². The first-order valence-corrected chi connectivity index (χ1v) is 4.03. The van der Waals surface area contributed by atoms with Crippen molar-refractivity contribution in [2.24, 2.45) is 0 Å². The van der Waals surface area contributed by atoms with Gasteiger partial charge in [0.15, 0.2) is 5.69 Å². The van der Waals surface area contributed by atoms with E-state index in [0.717, 1.165) is 0 Å². The Balaban J connectivity index is 3.42. The van der Waals surface area contributed by atoms with Crippen molar-refractivity contribution in [3.8, 4) is 0 Å². The largest absolute Gasteiger partial charge is 0.478 e. The van der Waals surface area contributed by atoms with Crippen LogP contribution in [0.1, 0.15) is 33.5 Å². The summed E-state index contributed by atoms with van der Waals surface area (Å²) in [7, 11) is 0. The molecule has 0 saturated carbocycles. The second kappa shape index (κ2) is 3.49. The molecule has 0 atom stereocenters. The highest BCUT2D eigenvalue weighted by Crippen LogP contribution is 2.13. The van der Waals surface area contributed by atoms with Crippen LogP contribution in [0.25, 0.3) is 0 Å². The molecule has 76 valence electrons. The van der Waals surface area contributed by atoms with Gasteiger partial charge >= 0.3 is 11.9 Å². The Labute approximate surface area is 79.8 Å². The highest BCUT2D eigenvalue weighted by molar-refractivity contribution is 6.01. The highest BCUT2D eigenvalue weighted by atomic mass is 16.4. The topological polar surface area (TPSA) is 92.4 Å². The second-order valence-electron chi connectivity index (χ2n) is 2.74. The summed E-state index contributed by atoms with van der Waals surface area (Å²) in [5.41, 5.74) is -0.284. The van der Waals surface area contributed by atoms with Gasteiger partial charge in [0.05, 0.1) is 5.69 Å². The molecule has 6 nitrogen and oxygen atoms in total. The Bertz CT molecular complexity index is 394. The van der Waals surface area contributed by atoms with Crippen molar-refractivity contribution < 1.29 is 19.8 Å². The maximum absolute atomic E-state index is 10.8. The van der Waals surface area contributed by atoms with Crippen LogP contribution in [-0.2, 0) is 6.54 Å². The Hall–Kier alpha value is -1.85. The van der Waals surface area contributed by atoms with Crippen molar-refractivity contribution in [1.29, 1.82) is 0 Å². The molecule has 0 saturated heterocycles. The predicted molar refractivity (Wildman–Crippen MR) is 46.6 cm³/mol. The van der Waals surface area contributed by atoms with Crippen LogP contribution in [0.15, 0.2) is 0 Å². The molecule has 14 heavy (non-hydrogen) atoms. The van der Waals surface area contributed by atoms with Crippen LogP contribution in [0.2, 0.25) is 0 Å². The van der Waals surface area contributed by atoms with E-state index in [1.807, 2.05) is 0 Å². The molecule has 0 aliphatic heterocycles. The maximum Gasteiger partial charge on any atom is 0.357 e. The van der Waals surface area contributed by atoms with Crippen LogP contribution in [0.5, 0.6) is 0 Å². The molecule has 0 aliphatic rings. The highest BCUT2D eigenvalue weighted by Gasteiger charge is 2.24. The Morgan fingerprint density at radius 1 is 1.36 bits per heavy atom. The fourth-order valence-corrected chi connectivity index (χ4v) is 1.26. The number of aryl methyl sites for hydroxylation is 1. The summed E-state index contributed by atoms with van der Waals surface area (Å²) >= 11 is 0. The average Bonchev–Trinajstić information content (AvgIpc) is 2.42. The van der Waals surface area contributed by atoms with Gasteiger partial charge in [0.2, 0.25) is 0 Å². The van der Waals surface area contributed by atoms with Crippen molar-refractivity contribution in [3.63, 3.8) is 0 Å². The van der Waals surface area contributed by atoms with Gasteiger partial charge in [0, 0.05) is 6.54 Å². The summed E-state index contributed by atoms with van der Waals surface area (Å²) in [6, 6.07) is 0. The van der Waals surface area contributed by atoms with E-state index in [1.54, 1.807) is 6.92 Å². The fourth-order valence-electron chi connectivity index (χ4n) is 1.26. The first-order valence-electron chi connectivity index (χ1n) is 4.03. The molecule has 0 aromatic carbocycles. The van der Waals surface area contributed by atoms with E-state index in [2.05, 4.69) is 5.10 Å². The van der Waals surface area contributed by atoms with Crippen molar-refractivity contribution in [2.45, 2.75) is 20.4 Å². The molecule has 1 aromatic rings. The van der Waals surface area contributed by atoms with Crippen LogP contribution in [0.4, 0.5) is 0 Å². The molecule has 0 amide bonds. The van der Waals surface area contributed by atoms with Gasteiger partial charge < -0.3 is 10.2 Å². The number of hydrogen-bond donors (Lipinski definition) is 2. The molecule has 6 heteroatoms. The lowest BCUT2D eigenvalue weighted by atomic mass is 10.2. The molecule has 0 unspecified atom stereocenters. The predicted octanol–water partition coefficient (Wildman–Crippen LogP) is 0.608. The molecule has 1 aromatic heterocycles. The van der Waals surface area contributed by atoms with Crippen LogP contribution in [0.3, 0.4) is 0 Å². The standard InChI is InChI=1S/C8H10N2O4/c1-3-10-4(2)5(7(11)12)6(9-10)8(13)14/h3H2,1-2H3,(H,11,12)(H,13,14). The number of carbonyl (C=O) groups is 2. The lowest BCUT2D eigenvalue weighted by Gasteiger charge is -1.97. The van der Waals surface area contributed by atoms with Crippen LogP contribution in [0, 0.1) is 6.92 Å². The Morgan fingerprint density at radius 2 is 1.93 bits per heavy atom. The van der Waals surface area contributed by atoms with E-state index in [1.165, 1.54) is 11.6 Å². The molecule has 0 aliphatic carbocycles. The monoisotopic (exact) mass is 198 g/mol. The Kier molecular flexibility index (Phi) is 2.55. The molecule has 2 N–H and O–H groups in total. The number of aromatic carboxylic acids is 2. The number of rotatable bonds is 3. The second-order valence-corrected chi connectivity index (χ2v) is 2.74. The average molecular weight is 198 g/mol. The summed E-state index contributed by atoms with van der Waals surface area (Å²) < 4.78 is 1.35. The first-order chi connectivity index (χ1) is 6.49. The van der Waals surface area contributed by atoms with Gasteiger partial charge in [-0.1, -0.05) is 0 Å². The maximum atomic E-state index is 10.8. The lowest BCUT2D eigenvalue weighted by Crippen LogP contribution is -2.07. The third-order valence-corrected chi connectivity index (χ3v) is 1.92. The zero-order valence-electron chi connectivity index (χ0n) is 7.81. The normalized spacial score (nSPS) is 10.1. The van der Waals surface area contributed by atoms with Crippen LogP contribution >= 0.6 is 0 Å². The van der Waals surface area contributed by atoms with E-state index in [9.17, 15) is 9.59 Å². The van der Waals surface area contributed by atoms with E-state index in [4.69, 9.17) is 10.2 Å². The summed E-state index contributed by atoms with van der Waals surface area (Å²) in [6.45, 7) is 3.74. The van der Waals surface area contributed by atoms with E-state index < -0.39 is 17.6 Å². The summed E-state index contributed by atoms with van der Waals surface area (Å²) in [6.07, 6.45) is 0. The summed E-state index contributed by atoms with van der Waals surface area (Å²) in [5.74, 6) is -2.59. The molecule has 0 spiro atoms. The minimum atomic E-state index is -1.32. The molecule has 0 fully saturated rings. The smallest absolute Gasteiger partial charge is 0.357 e. The van der Waals surface area contributed by atoms with Gasteiger partial charge in [-0.25, -0.2) is 9.59 Å². The van der Waals surface area contributed by atoms with E-state index in [-0.39, 0.29) is 5.56 Å². The van der Waals surface area contributed by atoms with Gasteiger partial charge in [-0.3, -0.25) is 4.68 Å². The zero-order valence-corrected chi connectivity index (χ0v) is 7.81. The number of hydrogen-bond acceptors (Lipinski definition) is 3. The Morgan fingerprint density at radius 3 is 2.21 bits per heavy atom. The molecule has 1 rings (SSSR count). The van der Waals surface area contributed by atoms with Crippen LogP contribution < -0.4 is 0 Å². The number of carboxylic acid groups (broad SMARTS) is 2. The van der Waals surface area contributed by atoms with Gasteiger partial charge in [0.1, 0.15) is 5.56 Å². The SMILES string of the molecule is CCn1nc(C(=O)O)c(C(=O)O)c1C. The molecular weight excluding hydrogens is 188 g/mol. The summed E-state index contributed by atoms with van der Waals surface area (Å²) in [5, 5.41) is 21.2. The van der Waals surface area contributed by atoms with Gasteiger partial charge in [-0.2, -0.15) is 5.10 Å². The summed E-state index contributed by atoms with van der Waals surface area (Å²) in [4.78, 5) is 21.4. The molecular formula is C8H10N2O4. The van der Waals surface area contributed by atoms with E-state index >= 15 is 0 Å². The van der Waals surface area contributed by atoms with Crippen molar-refractivity contribution in [2.75, 3.05) is 0 Å². The zero-order chi connectivity index (χ0) is 10.9. The minimum Gasteiger partial charge on any atom is -0.478 e. The van der Waals surface area contributed by atoms with Crippen LogP contribution in [-0.4, -0.2) is 31.9 Å². The lowest BCUT2D eigenvalue weighted by molar-refractivity contribution is 0.0647. The first kappa shape index (κ1) is 10.2.